The van der Waals surface area contributed by atoms with Crippen molar-refractivity contribution in [1.82, 2.24) is 0 Å². The van der Waals surface area contributed by atoms with Crippen LogP contribution in [0.3, 0.4) is 0 Å². The van der Waals surface area contributed by atoms with Gasteiger partial charge in [-0.1, -0.05) is 19.8 Å². The smallest absolute Gasteiger partial charge is 0.170 e. The summed E-state index contributed by atoms with van der Waals surface area (Å²) in [4.78, 5) is 13.7. The van der Waals surface area contributed by atoms with Gasteiger partial charge in [-0.25, -0.2) is 0 Å². The average Bonchev–Trinajstić information content (AvgIpc) is 2.86. The van der Waals surface area contributed by atoms with Crippen LogP contribution in [-0.2, 0) is 0 Å². The second-order valence-electron chi connectivity index (χ2n) is 4.56. The Labute approximate surface area is 95.5 Å². The Hall–Kier alpha value is -0.630. The molecule has 1 aliphatic carbocycles. The number of ketones is 1. The van der Waals surface area contributed by atoms with E-state index in [1.165, 1.54) is 17.7 Å². The van der Waals surface area contributed by atoms with E-state index in [1.54, 1.807) is 11.3 Å². The molecule has 2 rings (SSSR count). The van der Waals surface area contributed by atoms with Gasteiger partial charge in [-0.15, -0.1) is 11.3 Å². The molecule has 0 N–H and O–H groups in total. The summed E-state index contributed by atoms with van der Waals surface area (Å²) in [7, 11) is 0. The summed E-state index contributed by atoms with van der Waals surface area (Å²) in [5.74, 6) is 0.404. The topological polar surface area (TPSA) is 17.1 Å². The number of thiophene rings is 1. The molecule has 0 amide bonds. The number of carbonyl (C=O) groups is 1. The van der Waals surface area contributed by atoms with Crippen molar-refractivity contribution in [3.63, 3.8) is 0 Å². The van der Waals surface area contributed by atoms with Crippen LogP contribution < -0.4 is 0 Å². The van der Waals surface area contributed by atoms with Crippen LogP contribution in [0.1, 0.15) is 54.3 Å². The zero-order chi connectivity index (χ0) is 10.9. The van der Waals surface area contributed by atoms with Crippen LogP contribution in [0.15, 0.2) is 11.4 Å². The van der Waals surface area contributed by atoms with Gasteiger partial charge in [0.05, 0.1) is 0 Å². The molecule has 1 aromatic heterocycles. The van der Waals surface area contributed by atoms with Gasteiger partial charge in [0, 0.05) is 15.9 Å². The van der Waals surface area contributed by atoms with Crippen molar-refractivity contribution in [3.8, 4) is 0 Å². The molecule has 1 heterocycles. The molecule has 2 heteroatoms. The maximum atomic E-state index is 12.5. The quantitative estimate of drug-likeness (QED) is 0.700. The summed E-state index contributed by atoms with van der Waals surface area (Å²) < 4.78 is 0. The molecule has 82 valence electrons. The predicted octanol–water partition coefficient (Wildman–Crippen LogP) is 4.21. The van der Waals surface area contributed by atoms with Gasteiger partial charge in [0.1, 0.15) is 0 Å². The monoisotopic (exact) mass is 222 g/mol. The van der Waals surface area contributed by atoms with E-state index in [1.807, 2.05) is 11.4 Å². The highest BCUT2D eigenvalue weighted by Gasteiger charge is 2.40. The Bertz CT molecular complexity index is 358. The highest BCUT2D eigenvalue weighted by atomic mass is 32.1. The molecule has 0 aromatic carbocycles. The van der Waals surface area contributed by atoms with Crippen molar-refractivity contribution in [2.45, 2.75) is 46.0 Å². The minimum atomic E-state index is -0.0220. The second kappa shape index (κ2) is 4.09. The van der Waals surface area contributed by atoms with Crippen molar-refractivity contribution in [2.24, 2.45) is 5.41 Å². The van der Waals surface area contributed by atoms with Crippen molar-refractivity contribution in [1.29, 1.82) is 0 Å². The summed E-state index contributed by atoms with van der Waals surface area (Å²) in [5, 5.41) is 2.03. The van der Waals surface area contributed by atoms with Gasteiger partial charge in [0.15, 0.2) is 5.78 Å². The molecule has 0 unspecified atom stereocenters. The van der Waals surface area contributed by atoms with Crippen molar-refractivity contribution < 1.29 is 4.79 Å². The normalized spacial score (nSPS) is 19.3. The molecule has 1 aliphatic rings. The van der Waals surface area contributed by atoms with Crippen LogP contribution >= 0.6 is 11.3 Å². The Morgan fingerprint density at radius 2 is 2.13 bits per heavy atom. The molecule has 1 nitrogen and oxygen atoms in total. The molecular formula is C13H18OS. The molecule has 1 aromatic rings. The van der Waals surface area contributed by atoms with E-state index in [0.29, 0.717) is 5.78 Å². The van der Waals surface area contributed by atoms with E-state index in [0.717, 1.165) is 24.8 Å². The van der Waals surface area contributed by atoms with Crippen LogP contribution in [0.25, 0.3) is 0 Å². The molecule has 0 bridgehead atoms. The third-order valence-electron chi connectivity index (χ3n) is 3.82. The third-order valence-corrected chi connectivity index (χ3v) is 4.67. The van der Waals surface area contributed by atoms with E-state index in [4.69, 9.17) is 0 Å². The van der Waals surface area contributed by atoms with E-state index in [-0.39, 0.29) is 5.41 Å². The number of hydrogen-bond acceptors (Lipinski definition) is 2. The summed E-state index contributed by atoms with van der Waals surface area (Å²) in [6, 6.07) is 2.00. The molecule has 0 aliphatic heterocycles. The minimum absolute atomic E-state index is 0.0220. The molecular weight excluding hydrogens is 204 g/mol. The number of rotatable bonds is 3. The number of carbonyl (C=O) groups excluding carboxylic acids is 1. The molecule has 0 spiro atoms. The zero-order valence-corrected chi connectivity index (χ0v) is 10.3. The first-order valence-corrected chi connectivity index (χ1v) is 6.66. The lowest BCUT2D eigenvalue weighted by molar-refractivity contribution is 0.0791. The van der Waals surface area contributed by atoms with Gasteiger partial charge >= 0.3 is 0 Å². The van der Waals surface area contributed by atoms with Gasteiger partial charge in [-0.2, -0.15) is 0 Å². The fraction of sp³-hybridized carbons (Fsp3) is 0.615. The van der Waals surface area contributed by atoms with Crippen molar-refractivity contribution in [2.75, 3.05) is 0 Å². The third kappa shape index (κ3) is 1.76. The largest absolute Gasteiger partial charge is 0.294 e. The highest BCUT2D eigenvalue weighted by Crippen LogP contribution is 2.44. The standard InChI is InChI=1S/C13H18OS/c1-3-13(7-4-5-8-13)12(14)11-6-9-15-10(11)2/h6,9H,3-5,7-8H2,1-2H3. The first kappa shape index (κ1) is 10.9. The van der Waals surface area contributed by atoms with Gasteiger partial charge in [-0.05, 0) is 37.6 Å². The summed E-state index contributed by atoms with van der Waals surface area (Å²) in [6.45, 7) is 4.21. The Morgan fingerprint density at radius 3 is 2.60 bits per heavy atom. The van der Waals surface area contributed by atoms with Crippen molar-refractivity contribution in [3.05, 3.63) is 21.9 Å². The van der Waals surface area contributed by atoms with Gasteiger partial charge < -0.3 is 0 Å². The molecule has 15 heavy (non-hydrogen) atoms. The molecule has 0 radical (unpaired) electrons. The molecule has 0 saturated heterocycles. The Kier molecular flexibility index (Phi) is 2.96. The first-order chi connectivity index (χ1) is 7.19. The van der Waals surface area contributed by atoms with Crippen LogP contribution in [-0.4, -0.2) is 5.78 Å². The Balaban J connectivity index is 2.30. The van der Waals surface area contributed by atoms with Crippen LogP contribution in [0.4, 0.5) is 0 Å². The summed E-state index contributed by atoms with van der Waals surface area (Å²) in [5.41, 5.74) is 0.954. The lowest BCUT2D eigenvalue weighted by atomic mass is 9.77. The fourth-order valence-electron chi connectivity index (χ4n) is 2.70. The SMILES string of the molecule is CCC1(C(=O)c2ccsc2C)CCCC1. The van der Waals surface area contributed by atoms with Gasteiger partial charge in [-0.3, -0.25) is 4.79 Å². The fourth-order valence-corrected chi connectivity index (χ4v) is 3.40. The highest BCUT2D eigenvalue weighted by molar-refractivity contribution is 7.10. The maximum absolute atomic E-state index is 12.5. The lowest BCUT2D eigenvalue weighted by Crippen LogP contribution is -2.27. The van der Waals surface area contributed by atoms with Gasteiger partial charge in [0.2, 0.25) is 0 Å². The molecule has 0 atom stereocenters. The van der Waals surface area contributed by atoms with Gasteiger partial charge in [0.25, 0.3) is 0 Å². The van der Waals surface area contributed by atoms with Crippen molar-refractivity contribution >= 4 is 17.1 Å². The zero-order valence-electron chi connectivity index (χ0n) is 9.51. The minimum Gasteiger partial charge on any atom is -0.294 e. The van der Waals surface area contributed by atoms with E-state index in [2.05, 4.69) is 13.8 Å². The molecule has 1 saturated carbocycles. The van der Waals surface area contributed by atoms with E-state index < -0.39 is 0 Å². The number of Topliss-reactive ketones (excluding diaryl/α,β-unsaturated/α-hetero) is 1. The van der Waals surface area contributed by atoms with E-state index >= 15 is 0 Å². The summed E-state index contributed by atoms with van der Waals surface area (Å²) >= 11 is 1.68. The lowest BCUT2D eigenvalue weighted by Gasteiger charge is -2.25. The number of hydrogen-bond donors (Lipinski definition) is 0. The predicted molar refractivity (Wildman–Crippen MR) is 64.6 cm³/mol. The Morgan fingerprint density at radius 1 is 1.47 bits per heavy atom. The average molecular weight is 222 g/mol. The maximum Gasteiger partial charge on any atom is 0.170 e. The van der Waals surface area contributed by atoms with Crippen LogP contribution in [0, 0.1) is 12.3 Å². The second-order valence-corrected chi connectivity index (χ2v) is 5.68. The van der Waals surface area contributed by atoms with Crippen LogP contribution in [0.5, 0.6) is 0 Å². The first-order valence-electron chi connectivity index (χ1n) is 5.78. The number of aryl methyl sites for hydroxylation is 1. The van der Waals surface area contributed by atoms with E-state index in [9.17, 15) is 4.79 Å². The molecule has 1 fully saturated rings. The summed E-state index contributed by atoms with van der Waals surface area (Å²) in [6.07, 6.45) is 5.64. The van der Waals surface area contributed by atoms with Crippen LogP contribution in [0.2, 0.25) is 0 Å².